The van der Waals surface area contributed by atoms with E-state index in [9.17, 15) is 4.79 Å². The Labute approximate surface area is 85.6 Å². The molecule has 0 heterocycles. The Morgan fingerprint density at radius 2 is 2.00 bits per heavy atom. The van der Waals surface area contributed by atoms with Crippen LogP contribution in [0.1, 0.15) is 23.6 Å². The number of aliphatic hydroxyl groups excluding tert-OH is 1. The van der Waals surface area contributed by atoms with Crippen LogP contribution in [-0.2, 0) is 17.6 Å². The van der Waals surface area contributed by atoms with Gasteiger partial charge in [-0.15, -0.1) is 0 Å². The molecule has 1 N–H and O–H groups in total. The molecule has 0 amide bonds. The first-order valence-electron chi connectivity index (χ1n) is 4.75. The highest BCUT2D eigenvalue weighted by atomic mass is 16.2. The molecule has 0 atom stereocenters. The Bertz CT molecular complexity index is 280. The maximum Gasteiger partial charge on any atom is 0.124 e. The van der Waals surface area contributed by atoms with Gasteiger partial charge in [0.05, 0.1) is 0 Å². The largest absolute Gasteiger partial charge is 0.400 e. The van der Waals surface area contributed by atoms with E-state index < -0.39 is 0 Å². The molecule has 0 unspecified atom stereocenters. The topological polar surface area (TPSA) is 37.3 Å². The van der Waals surface area contributed by atoms with Crippen LogP contribution in [0.3, 0.4) is 0 Å². The molecule has 0 aliphatic heterocycles. The van der Waals surface area contributed by atoms with E-state index in [1.807, 2.05) is 6.07 Å². The van der Waals surface area contributed by atoms with E-state index in [2.05, 4.69) is 26.0 Å². The third-order valence-corrected chi connectivity index (χ3v) is 2.18. The molecule has 0 saturated heterocycles. The minimum Gasteiger partial charge on any atom is -0.400 e. The van der Waals surface area contributed by atoms with Crippen LogP contribution in [0.5, 0.6) is 0 Å². The van der Waals surface area contributed by atoms with Gasteiger partial charge in [0.25, 0.3) is 0 Å². The monoisotopic (exact) mass is 194 g/mol. The van der Waals surface area contributed by atoms with Gasteiger partial charge in [0.1, 0.15) is 6.29 Å². The van der Waals surface area contributed by atoms with Crippen molar-refractivity contribution in [3.8, 4) is 0 Å². The fourth-order valence-electron chi connectivity index (χ4n) is 1.47. The Kier molecular flexibility index (Phi) is 6.68. The zero-order valence-corrected chi connectivity index (χ0v) is 9.08. The average molecular weight is 194 g/mol. The van der Waals surface area contributed by atoms with Crippen LogP contribution >= 0.6 is 0 Å². The summed E-state index contributed by atoms with van der Waals surface area (Å²) in [6.07, 6.45) is 2.53. The van der Waals surface area contributed by atoms with E-state index in [0.717, 1.165) is 19.8 Å². The van der Waals surface area contributed by atoms with E-state index in [1.165, 1.54) is 16.7 Å². The molecule has 1 aromatic rings. The molecule has 0 radical (unpaired) electrons. The maximum absolute atomic E-state index is 10.4. The lowest BCUT2D eigenvalue weighted by molar-refractivity contribution is -0.107. The van der Waals surface area contributed by atoms with Crippen molar-refractivity contribution in [2.24, 2.45) is 0 Å². The Morgan fingerprint density at radius 1 is 1.36 bits per heavy atom. The van der Waals surface area contributed by atoms with Crippen LogP contribution in [0, 0.1) is 6.92 Å². The number of rotatable bonds is 3. The Hall–Kier alpha value is -1.15. The van der Waals surface area contributed by atoms with Crippen molar-refractivity contribution in [2.45, 2.75) is 26.7 Å². The summed E-state index contributed by atoms with van der Waals surface area (Å²) in [5.74, 6) is 0. The standard InChI is InChI=1S/C11H14O.CH4O/c1-3-10-6-4-5-9(2)11(10)7-8-12;1-2/h4-6,8H,3,7H2,1-2H3;2H,1H3. The molecule has 0 spiro atoms. The minimum absolute atomic E-state index is 0.551. The summed E-state index contributed by atoms with van der Waals surface area (Å²) >= 11 is 0. The fourth-order valence-corrected chi connectivity index (χ4v) is 1.47. The number of aryl methyl sites for hydroxylation is 2. The van der Waals surface area contributed by atoms with Crippen molar-refractivity contribution in [3.05, 3.63) is 34.9 Å². The van der Waals surface area contributed by atoms with E-state index >= 15 is 0 Å². The lowest BCUT2D eigenvalue weighted by Crippen LogP contribution is -1.96. The highest BCUT2D eigenvalue weighted by molar-refractivity contribution is 5.57. The number of aliphatic hydroxyl groups is 1. The van der Waals surface area contributed by atoms with Crippen LogP contribution in [-0.4, -0.2) is 18.5 Å². The third-order valence-electron chi connectivity index (χ3n) is 2.18. The number of carbonyl (C=O) groups is 1. The van der Waals surface area contributed by atoms with Gasteiger partial charge in [0.2, 0.25) is 0 Å². The predicted octanol–water partition coefficient (Wildman–Crippen LogP) is 1.91. The first-order chi connectivity index (χ1) is 6.79. The van der Waals surface area contributed by atoms with E-state index in [1.54, 1.807) is 0 Å². The van der Waals surface area contributed by atoms with Crippen LogP contribution in [0.15, 0.2) is 18.2 Å². The second-order valence-corrected chi connectivity index (χ2v) is 2.94. The summed E-state index contributed by atoms with van der Waals surface area (Å²) in [6.45, 7) is 4.17. The summed E-state index contributed by atoms with van der Waals surface area (Å²) < 4.78 is 0. The second kappa shape index (κ2) is 7.27. The molecule has 0 aliphatic rings. The Balaban J connectivity index is 0.000000791. The van der Waals surface area contributed by atoms with Crippen molar-refractivity contribution < 1.29 is 9.90 Å². The first-order valence-corrected chi connectivity index (χ1v) is 4.75. The summed E-state index contributed by atoms with van der Waals surface area (Å²) in [5.41, 5.74) is 3.72. The molecule has 14 heavy (non-hydrogen) atoms. The highest BCUT2D eigenvalue weighted by Gasteiger charge is 2.01. The lowest BCUT2D eigenvalue weighted by atomic mass is 9.98. The fraction of sp³-hybridized carbons (Fsp3) is 0.417. The van der Waals surface area contributed by atoms with Gasteiger partial charge in [-0.25, -0.2) is 0 Å². The minimum atomic E-state index is 0.551. The van der Waals surface area contributed by atoms with Crippen molar-refractivity contribution in [1.82, 2.24) is 0 Å². The van der Waals surface area contributed by atoms with Gasteiger partial charge < -0.3 is 9.90 Å². The molecule has 0 bridgehead atoms. The van der Waals surface area contributed by atoms with Crippen molar-refractivity contribution in [1.29, 1.82) is 0 Å². The zero-order valence-electron chi connectivity index (χ0n) is 9.08. The number of hydrogen-bond donors (Lipinski definition) is 1. The molecular formula is C12H18O2. The summed E-state index contributed by atoms with van der Waals surface area (Å²) in [5, 5.41) is 7.00. The van der Waals surface area contributed by atoms with Crippen molar-refractivity contribution in [3.63, 3.8) is 0 Å². The van der Waals surface area contributed by atoms with Gasteiger partial charge in [-0.3, -0.25) is 0 Å². The molecule has 0 fully saturated rings. The normalized spacial score (nSPS) is 8.86. The smallest absolute Gasteiger partial charge is 0.124 e. The number of benzene rings is 1. The molecule has 1 rings (SSSR count). The van der Waals surface area contributed by atoms with Crippen LogP contribution in [0.25, 0.3) is 0 Å². The number of carbonyl (C=O) groups excluding carboxylic acids is 1. The quantitative estimate of drug-likeness (QED) is 0.746. The molecule has 2 heteroatoms. The summed E-state index contributed by atoms with van der Waals surface area (Å²) in [4.78, 5) is 10.4. The van der Waals surface area contributed by atoms with Crippen LogP contribution in [0.2, 0.25) is 0 Å². The van der Waals surface area contributed by atoms with Gasteiger partial charge in [0.15, 0.2) is 0 Å². The molecule has 1 aromatic carbocycles. The summed E-state index contributed by atoms with van der Waals surface area (Å²) in [7, 11) is 1.00. The average Bonchev–Trinajstić information content (AvgIpc) is 2.24. The van der Waals surface area contributed by atoms with Gasteiger partial charge >= 0.3 is 0 Å². The van der Waals surface area contributed by atoms with E-state index in [0.29, 0.717) is 6.42 Å². The van der Waals surface area contributed by atoms with Crippen LogP contribution < -0.4 is 0 Å². The molecule has 2 nitrogen and oxygen atoms in total. The van der Waals surface area contributed by atoms with Crippen molar-refractivity contribution in [2.75, 3.05) is 7.11 Å². The molecular weight excluding hydrogens is 176 g/mol. The third kappa shape index (κ3) is 3.30. The molecule has 0 saturated carbocycles. The lowest BCUT2D eigenvalue weighted by Gasteiger charge is -2.07. The predicted molar refractivity (Wildman–Crippen MR) is 58.5 cm³/mol. The molecule has 78 valence electrons. The van der Waals surface area contributed by atoms with E-state index in [-0.39, 0.29) is 0 Å². The SMILES string of the molecule is CCc1cccc(C)c1CC=O.CO. The maximum atomic E-state index is 10.4. The van der Waals surface area contributed by atoms with Crippen LogP contribution in [0.4, 0.5) is 0 Å². The molecule has 0 aliphatic carbocycles. The van der Waals surface area contributed by atoms with Gasteiger partial charge in [-0.2, -0.15) is 0 Å². The van der Waals surface area contributed by atoms with Gasteiger partial charge in [0, 0.05) is 13.5 Å². The van der Waals surface area contributed by atoms with Gasteiger partial charge in [-0.05, 0) is 30.0 Å². The summed E-state index contributed by atoms with van der Waals surface area (Å²) in [6, 6.07) is 6.19. The number of hydrogen-bond acceptors (Lipinski definition) is 2. The first kappa shape index (κ1) is 12.8. The number of aldehydes is 1. The van der Waals surface area contributed by atoms with Crippen molar-refractivity contribution >= 4 is 6.29 Å². The Morgan fingerprint density at radius 3 is 2.50 bits per heavy atom. The van der Waals surface area contributed by atoms with Gasteiger partial charge in [-0.1, -0.05) is 25.1 Å². The zero-order chi connectivity index (χ0) is 11.0. The van der Waals surface area contributed by atoms with E-state index in [4.69, 9.17) is 5.11 Å². The second-order valence-electron chi connectivity index (χ2n) is 2.94. The molecule has 0 aromatic heterocycles. The highest BCUT2D eigenvalue weighted by Crippen LogP contribution is 2.14.